The molecule has 0 spiro atoms. The van der Waals surface area contributed by atoms with E-state index in [0.29, 0.717) is 24.3 Å². The summed E-state index contributed by atoms with van der Waals surface area (Å²) in [5, 5.41) is 0. The summed E-state index contributed by atoms with van der Waals surface area (Å²) in [7, 11) is 0. The van der Waals surface area contributed by atoms with Crippen LogP contribution in [-0.4, -0.2) is 24.4 Å². The zero-order valence-corrected chi connectivity index (χ0v) is 15.8. The number of carbonyl (C=O) groups is 3. The highest BCUT2D eigenvalue weighted by molar-refractivity contribution is 6.21. The molecule has 0 aliphatic carbocycles. The molecule has 1 saturated heterocycles. The van der Waals surface area contributed by atoms with Crippen molar-refractivity contribution in [2.75, 3.05) is 11.5 Å². The van der Waals surface area contributed by atoms with Crippen molar-refractivity contribution in [3.63, 3.8) is 0 Å². The summed E-state index contributed by atoms with van der Waals surface area (Å²) >= 11 is 0. The highest BCUT2D eigenvalue weighted by Crippen LogP contribution is 2.29. The van der Waals surface area contributed by atoms with Crippen LogP contribution in [0.15, 0.2) is 42.5 Å². The summed E-state index contributed by atoms with van der Waals surface area (Å²) in [5.74, 6) is -1.18. The van der Waals surface area contributed by atoms with E-state index < -0.39 is 5.97 Å². The van der Waals surface area contributed by atoms with Crippen molar-refractivity contribution in [1.29, 1.82) is 0 Å². The first-order valence-corrected chi connectivity index (χ1v) is 9.10. The lowest BCUT2D eigenvalue weighted by molar-refractivity contribution is -0.122. The van der Waals surface area contributed by atoms with Crippen molar-refractivity contribution in [3.8, 4) is 0 Å². The maximum Gasteiger partial charge on any atom is 0.338 e. The van der Waals surface area contributed by atoms with Crippen molar-refractivity contribution in [3.05, 3.63) is 64.7 Å². The van der Waals surface area contributed by atoms with Crippen molar-refractivity contribution < 1.29 is 19.1 Å². The van der Waals surface area contributed by atoms with Gasteiger partial charge >= 0.3 is 5.97 Å². The standard InChI is InChI=1S/C22H23NO4/c1-4-27-22(26)17-5-7-19(8-6-17)23-20(24)13-18(21(23)25)12-16-10-14(2)9-15(3)11-16/h5-11,18H,4,12-13H2,1-3H3/t18-/m1/s1. The van der Waals surface area contributed by atoms with Crippen molar-refractivity contribution in [1.82, 2.24) is 0 Å². The molecule has 27 heavy (non-hydrogen) atoms. The molecular formula is C22H23NO4. The van der Waals surface area contributed by atoms with Crippen LogP contribution in [0.5, 0.6) is 0 Å². The van der Waals surface area contributed by atoms with Crippen LogP contribution in [0, 0.1) is 19.8 Å². The van der Waals surface area contributed by atoms with Gasteiger partial charge in [0.2, 0.25) is 11.8 Å². The minimum absolute atomic E-state index is 0.192. The molecule has 3 rings (SSSR count). The van der Waals surface area contributed by atoms with E-state index in [1.807, 2.05) is 13.8 Å². The molecular weight excluding hydrogens is 342 g/mol. The van der Waals surface area contributed by atoms with Crippen molar-refractivity contribution in [2.45, 2.75) is 33.6 Å². The Hall–Kier alpha value is -2.95. The molecule has 1 aliphatic heterocycles. The first kappa shape index (κ1) is 18.8. The van der Waals surface area contributed by atoms with E-state index in [1.54, 1.807) is 31.2 Å². The van der Waals surface area contributed by atoms with E-state index in [0.717, 1.165) is 16.7 Å². The van der Waals surface area contributed by atoms with E-state index in [4.69, 9.17) is 4.74 Å². The number of benzene rings is 2. The van der Waals surface area contributed by atoms with E-state index in [1.165, 1.54) is 4.90 Å². The van der Waals surface area contributed by atoms with E-state index in [2.05, 4.69) is 18.2 Å². The smallest absolute Gasteiger partial charge is 0.338 e. The number of hydrogen-bond donors (Lipinski definition) is 0. The van der Waals surface area contributed by atoms with Crippen LogP contribution in [0.4, 0.5) is 5.69 Å². The molecule has 2 aromatic rings. The summed E-state index contributed by atoms with van der Waals surface area (Å²) in [6, 6.07) is 12.6. The number of nitrogens with zero attached hydrogens (tertiary/aromatic N) is 1. The molecule has 0 unspecified atom stereocenters. The molecule has 140 valence electrons. The Bertz CT molecular complexity index is 865. The minimum Gasteiger partial charge on any atom is -0.462 e. The summed E-state index contributed by atoms with van der Waals surface area (Å²) < 4.78 is 4.95. The third-order valence-electron chi connectivity index (χ3n) is 4.64. The lowest BCUT2D eigenvalue weighted by Gasteiger charge is -2.16. The molecule has 0 aromatic heterocycles. The molecule has 1 atom stereocenters. The zero-order chi connectivity index (χ0) is 19.6. The van der Waals surface area contributed by atoms with Gasteiger partial charge in [0.1, 0.15) is 0 Å². The fourth-order valence-corrected chi connectivity index (χ4v) is 3.56. The average molecular weight is 365 g/mol. The maximum atomic E-state index is 12.8. The number of anilines is 1. The molecule has 5 nitrogen and oxygen atoms in total. The van der Waals surface area contributed by atoms with Gasteiger partial charge in [-0.15, -0.1) is 0 Å². The average Bonchev–Trinajstić information content (AvgIpc) is 2.88. The number of aryl methyl sites for hydroxylation is 2. The zero-order valence-electron chi connectivity index (χ0n) is 15.8. The van der Waals surface area contributed by atoms with Gasteiger partial charge < -0.3 is 4.74 Å². The molecule has 2 aromatic carbocycles. The molecule has 1 aliphatic rings. The lowest BCUT2D eigenvalue weighted by atomic mass is 9.95. The van der Waals surface area contributed by atoms with Crippen LogP contribution < -0.4 is 4.90 Å². The van der Waals surface area contributed by atoms with Crippen LogP contribution in [0.1, 0.15) is 40.4 Å². The summed E-state index contributed by atoms with van der Waals surface area (Å²) in [5.41, 5.74) is 4.24. The van der Waals surface area contributed by atoms with Gasteiger partial charge in [0, 0.05) is 6.42 Å². The molecule has 5 heteroatoms. The third-order valence-corrected chi connectivity index (χ3v) is 4.64. The van der Waals surface area contributed by atoms with Crippen LogP contribution in [0.25, 0.3) is 0 Å². The highest BCUT2D eigenvalue weighted by atomic mass is 16.5. The van der Waals surface area contributed by atoms with E-state index >= 15 is 0 Å². The first-order valence-electron chi connectivity index (χ1n) is 9.10. The second-order valence-corrected chi connectivity index (χ2v) is 6.94. The predicted molar refractivity (Wildman–Crippen MR) is 103 cm³/mol. The minimum atomic E-state index is -0.421. The Labute approximate surface area is 158 Å². The second kappa shape index (κ2) is 7.74. The normalized spacial score (nSPS) is 16.7. The molecule has 0 saturated carbocycles. The number of amides is 2. The maximum absolute atomic E-state index is 12.8. The van der Waals surface area contributed by atoms with Crippen LogP contribution >= 0.6 is 0 Å². The molecule has 1 heterocycles. The number of esters is 1. The van der Waals surface area contributed by atoms with Gasteiger partial charge in [-0.25, -0.2) is 4.79 Å². The Morgan fingerprint density at radius 1 is 1.07 bits per heavy atom. The van der Waals surface area contributed by atoms with Gasteiger partial charge in [-0.05, 0) is 57.0 Å². The largest absolute Gasteiger partial charge is 0.462 e. The SMILES string of the molecule is CCOC(=O)c1ccc(N2C(=O)C[C@@H](Cc3cc(C)cc(C)c3)C2=O)cc1. The van der Waals surface area contributed by atoms with Crippen LogP contribution in [0.2, 0.25) is 0 Å². The van der Waals surface area contributed by atoms with Crippen molar-refractivity contribution in [2.24, 2.45) is 5.92 Å². The Morgan fingerprint density at radius 3 is 2.30 bits per heavy atom. The van der Waals surface area contributed by atoms with E-state index in [9.17, 15) is 14.4 Å². The lowest BCUT2D eigenvalue weighted by Crippen LogP contribution is -2.30. The van der Waals surface area contributed by atoms with Crippen molar-refractivity contribution >= 4 is 23.5 Å². The number of carbonyl (C=O) groups excluding carboxylic acids is 3. The molecule has 1 fully saturated rings. The Morgan fingerprint density at radius 2 is 1.70 bits per heavy atom. The van der Waals surface area contributed by atoms with Gasteiger partial charge in [0.15, 0.2) is 0 Å². The number of rotatable bonds is 5. The molecule has 2 amide bonds. The Balaban J connectivity index is 1.76. The van der Waals surface area contributed by atoms with Gasteiger partial charge in [-0.3, -0.25) is 14.5 Å². The quantitative estimate of drug-likeness (QED) is 0.600. The first-order chi connectivity index (χ1) is 12.9. The monoisotopic (exact) mass is 365 g/mol. The third kappa shape index (κ3) is 4.08. The second-order valence-electron chi connectivity index (χ2n) is 6.94. The van der Waals surface area contributed by atoms with E-state index in [-0.39, 0.29) is 24.2 Å². The van der Waals surface area contributed by atoms with Crippen LogP contribution in [0.3, 0.4) is 0 Å². The summed E-state index contributed by atoms with van der Waals surface area (Å²) in [6.45, 7) is 6.08. The van der Waals surface area contributed by atoms with Crippen LogP contribution in [-0.2, 0) is 20.7 Å². The molecule has 0 N–H and O–H groups in total. The van der Waals surface area contributed by atoms with Gasteiger partial charge in [0.25, 0.3) is 0 Å². The van der Waals surface area contributed by atoms with Gasteiger partial charge in [-0.1, -0.05) is 29.3 Å². The fourth-order valence-electron chi connectivity index (χ4n) is 3.56. The molecule has 0 radical (unpaired) electrons. The summed E-state index contributed by atoms with van der Waals surface area (Å²) in [4.78, 5) is 38.3. The topological polar surface area (TPSA) is 63.7 Å². The summed E-state index contributed by atoms with van der Waals surface area (Å²) in [6.07, 6.45) is 0.746. The number of hydrogen-bond acceptors (Lipinski definition) is 4. The predicted octanol–water partition coefficient (Wildman–Crippen LogP) is 3.60. The van der Waals surface area contributed by atoms with Gasteiger partial charge in [-0.2, -0.15) is 0 Å². The number of imide groups is 1. The van der Waals surface area contributed by atoms with Gasteiger partial charge in [0.05, 0.1) is 23.8 Å². The highest BCUT2D eigenvalue weighted by Gasteiger charge is 2.39. The Kier molecular flexibility index (Phi) is 5.40. The fraction of sp³-hybridized carbons (Fsp3) is 0.318. The molecule has 0 bridgehead atoms. The number of ether oxygens (including phenoxy) is 1.